The number of unbranched alkanes of at least 4 members (excludes halogenated alkanes) is 21. The minimum absolute atomic E-state index is 0.636. The average molecular weight is 477 g/mol. The maximum absolute atomic E-state index is 2.65. The summed E-state index contributed by atoms with van der Waals surface area (Å²) >= 11 is 0. The lowest BCUT2D eigenvalue weighted by molar-refractivity contribution is 0.142. The molecule has 202 valence electrons. The number of hydrogen-bond acceptors (Lipinski definition) is 2. The van der Waals surface area contributed by atoms with Crippen LogP contribution in [0.15, 0.2) is 12.4 Å². The predicted octanol–water partition coefficient (Wildman–Crippen LogP) is 10.8. The largest absolute Gasteiger partial charge is 0.356 e. The Hall–Kier alpha value is -0.660. The van der Waals surface area contributed by atoms with Crippen molar-refractivity contribution in [2.75, 3.05) is 13.1 Å². The van der Waals surface area contributed by atoms with E-state index < -0.39 is 0 Å². The molecule has 1 rings (SSSR count). The Morgan fingerprint density at radius 2 is 0.765 bits per heavy atom. The first-order chi connectivity index (χ1) is 16.8. The summed E-state index contributed by atoms with van der Waals surface area (Å²) in [5.74, 6) is 0. The molecule has 1 aliphatic rings. The van der Waals surface area contributed by atoms with Gasteiger partial charge in [-0.1, -0.05) is 149 Å². The molecule has 2 heteroatoms. The molecular formula is C32H64N2. The Balaban J connectivity index is 1.95. The molecule has 0 N–H and O–H groups in total. The molecule has 1 unspecified atom stereocenters. The summed E-state index contributed by atoms with van der Waals surface area (Å²) in [6.07, 6.45) is 39.8. The van der Waals surface area contributed by atoms with Crippen molar-refractivity contribution in [3.63, 3.8) is 0 Å². The number of hydrogen-bond donors (Lipinski definition) is 0. The zero-order chi connectivity index (χ0) is 24.5. The van der Waals surface area contributed by atoms with Crippen LogP contribution in [0.1, 0.15) is 175 Å². The monoisotopic (exact) mass is 477 g/mol. The summed E-state index contributed by atoms with van der Waals surface area (Å²) in [6, 6.07) is 0. The van der Waals surface area contributed by atoms with Gasteiger partial charge in [0.25, 0.3) is 0 Å². The highest BCUT2D eigenvalue weighted by Gasteiger charge is 2.23. The van der Waals surface area contributed by atoms with Crippen molar-refractivity contribution in [2.45, 2.75) is 181 Å². The predicted molar refractivity (Wildman–Crippen MR) is 154 cm³/mol. The van der Waals surface area contributed by atoms with E-state index in [1.165, 1.54) is 161 Å². The Morgan fingerprint density at radius 1 is 0.412 bits per heavy atom. The maximum Gasteiger partial charge on any atom is 0.101 e. The summed E-state index contributed by atoms with van der Waals surface area (Å²) in [5.41, 5.74) is 0. The maximum atomic E-state index is 2.65. The van der Waals surface area contributed by atoms with Crippen LogP contribution in [0.4, 0.5) is 0 Å². The molecule has 0 aromatic heterocycles. The van der Waals surface area contributed by atoms with E-state index >= 15 is 0 Å². The van der Waals surface area contributed by atoms with Crippen molar-refractivity contribution in [1.29, 1.82) is 0 Å². The van der Waals surface area contributed by atoms with E-state index in [1.54, 1.807) is 0 Å². The van der Waals surface area contributed by atoms with Gasteiger partial charge in [0.2, 0.25) is 0 Å². The topological polar surface area (TPSA) is 6.48 Å². The quantitative estimate of drug-likeness (QED) is 0.114. The van der Waals surface area contributed by atoms with E-state index in [9.17, 15) is 0 Å². The van der Waals surface area contributed by atoms with Crippen molar-refractivity contribution in [1.82, 2.24) is 9.80 Å². The van der Waals surface area contributed by atoms with E-state index in [1.807, 2.05) is 0 Å². The zero-order valence-corrected chi connectivity index (χ0v) is 24.0. The normalized spacial score (nSPS) is 15.7. The van der Waals surface area contributed by atoms with Crippen molar-refractivity contribution in [3.8, 4) is 0 Å². The van der Waals surface area contributed by atoms with Gasteiger partial charge in [0.15, 0.2) is 0 Å². The van der Waals surface area contributed by atoms with Crippen LogP contribution < -0.4 is 0 Å². The minimum Gasteiger partial charge on any atom is -0.356 e. The van der Waals surface area contributed by atoms with Crippen LogP contribution in [-0.2, 0) is 0 Å². The van der Waals surface area contributed by atoms with Crippen molar-refractivity contribution < 1.29 is 0 Å². The van der Waals surface area contributed by atoms with Crippen LogP contribution in [0.5, 0.6) is 0 Å². The fraction of sp³-hybridized carbons (Fsp3) is 0.938. The third-order valence-electron chi connectivity index (χ3n) is 7.92. The van der Waals surface area contributed by atoms with E-state index in [-0.39, 0.29) is 0 Å². The molecule has 0 spiro atoms. The lowest BCUT2D eigenvalue weighted by atomic mass is 10.0. The molecule has 0 aliphatic carbocycles. The van der Waals surface area contributed by atoms with Crippen LogP contribution in [0.3, 0.4) is 0 Å². The molecule has 0 aromatic rings. The second-order valence-electron chi connectivity index (χ2n) is 11.1. The standard InChI is InChI=1S/C32H64N2/c1-4-7-9-11-13-15-16-17-18-19-20-21-23-25-27-29-34-31-30-33(6-3)32(34)28-26-24-22-14-12-10-8-5-2/h30-32H,4-29H2,1-3H3. The van der Waals surface area contributed by atoms with Crippen LogP contribution in [0.2, 0.25) is 0 Å². The summed E-state index contributed by atoms with van der Waals surface area (Å²) in [4.78, 5) is 5.21. The second kappa shape index (κ2) is 24.1. The molecule has 0 radical (unpaired) electrons. The van der Waals surface area contributed by atoms with Gasteiger partial charge >= 0.3 is 0 Å². The second-order valence-corrected chi connectivity index (χ2v) is 11.1. The molecular weight excluding hydrogens is 412 g/mol. The highest BCUT2D eigenvalue weighted by Crippen LogP contribution is 2.23. The highest BCUT2D eigenvalue weighted by molar-refractivity contribution is 4.96. The summed E-state index contributed by atoms with van der Waals surface area (Å²) in [5, 5.41) is 0. The highest BCUT2D eigenvalue weighted by atomic mass is 15.4. The van der Waals surface area contributed by atoms with Gasteiger partial charge in [-0.3, -0.25) is 0 Å². The van der Waals surface area contributed by atoms with E-state index in [4.69, 9.17) is 0 Å². The van der Waals surface area contributed by atoms with Gasteiger partial charge in [0, 0.05) is 25.5 Å². The summed E-state index contributed by atoms with van der Waals surface area (Å²) in [6.45, 7) is 9.32. The van der Waals surface area contributed by atoms with E-state index in [0.29, 0.717) is 6.17 Å². The number of rotatable bonds is 26. The SMILES string of the molecule is CCCCCCCCCCCCCCCCCN1C=CN(CC)C1CCCCCCCCCC. The third-order valence-corrected chi connectivity index (χ3v) is 7.92. The molecule has 0 bridgehead atoms. The molecule has 1 atom stereocenters. The zero-order valence-electron chi connectivity index (χ0n) is 24.0. The van der Waals surface area contributed by atoms with Crippen molar-refractivity contribution in [2.24, 2.45) is 0 Å². The third kappa shape index (κ3) is 16.9. The molecule has 0 saturated carbocycles. The Labute approximate surface area is 216 Å². The molecule has 34 heavy (non-hydrogen) atoms. The van der Waals surface area contributed by atoms with Gasteiger partial charge in [0.1, 0.15) is 6.17 Å². The molecule has 1 heterocycles. The molecule has 0 fully saturated rings. The first-order valence-corrected chi connectivity index (χ1v) is 16.0. The fourth-order valence-corrected chi connectivity index (χ4v) is 5.56. The van der Waals surface area contributed by atoms with Crippen LogP contribution in [0, 0.1) is 0 Å². The van der Waals surface area contributed by atoms with Crippen LogP contribution in [0.25, 0.3) is 0 Å². The van der Waals surface area contributed by atoms with Gasteiger partial charge in [-0.2, -0.15) is 0 Å². The van der Waals surface area contributed by atoms with Crippen LogP contribution >= 0.6 is 0 Å². The first-order valence-electron chi connectivity index (χ1n) is 16.0. The molecule has 1 aliphatic heterocycles. The Bertz CT molecular complexity index is 433. The lowest BCUT2D eigenvalue weighted by Crippen LogP contribution is -2.38. The number of nitrogens with zero attached hydrogens (tertiary/aromatic N) is 2. The first kappa shape index (κ1) is 31.4. The van der Waals surface area contributed by atoms with Crippen molar-refractivity contribution >= 4 is 0 Å². The van der Waals surface area contributed by atoms with Gasteiger partial charge in [-0.05, 0) is 26.2 Å². The van der Waals surface area contributed by atoms with Gasteiger partial charge in [-0.15, -0.1) is 0 Å². The summed E-state index contributed by atoms with van der Waals surface area (Å²) < 4.78 is 0. The van der Waals surface area contributed by atoms with E-state index in [2.05, 4.69) is 43.0 Å². The van der Waals surface area contributed by atoms with Gasteiger partial charge in [-0.25, -0.2) is 0 Å². The lowest BCUT2D eigenvalue weighted by Gasteiger charge is -2.32. The van der Waals surface area contributed by atoms with Crippen LogP contribution in [-0.4, -0.2) is 29.1 Å². The van der Waals surface area contributed by atoms with Gasteiger partial charge < -0.3 is 9.80 Å². The molecule has 2 nitrogen and oxygen atoms in total. The smallest absolute Gasteiger partial charge is 0.101 e. The minimum atomic E-state index is 0.636. The molecule has 0 aromatic carbocycles. The molecule has 0 saturated heterocycles. The molecule has 0 amide bonds. The summed E-state index contributed by atoms with van der Waals surface area (Å²) in [7, 11) is 0. The average Bonchev–Trinajstić information content (AvgIpc) is 3.24. The fourth-order valence-electron chi connectivity index (χ4n) is 5.56. The Kier molecular flexibility index (Phi) is 22.2. The van der Waals surface area contributed by atoms with Gasteiger partial charge in [0.05, 0.1) is 0 Å². The van der Waals surface area contributed by atoms with E-state index in [0.717, 1.165) is 6.54 Å². The van der Waals surface area contributed by atoms with Crippen molar-refractivity contribution in [3.05, 3.63) is 12.4 Å². The Morgan fingerprint density at radius 3 is 1.18 bits per heavy atom.